The van der Waals surface area contributed by atoms with Crippen LogP contribution in [0.15, 0.2) is 24.3 Å². The molecule has 0 fully saturated rings. The Balaban J connectivity index is 0.00000729. The molecule has 28 heavy (non-hydrogen) atoms. The maximum absolute atomic E-state index is 12.0. The number of hydrogen-bond acceptors (Lipinski definition) is 4. The van der Waals surface area contributed by atoms with Crippen LogP contribution in [0.4, 0.5) is 11.4 Å². The van der Waals surface area contributed by atoms with E-state index in [-0.39, 0.29) is 28.3 Å². The second kappa shape index (κ2) is 15.1. The third-order valence-electron chi connectivity index (χ3n) is 4.18. The van der Waals surface area contributed by atoms with Crippen LogP contribution >= 0.6 is 0 Å². The van der Waals surface area contributed by atoms with Crippen molar-refractivity contribution in [2.45, 2.75) is 58.3 Å². The average Bonchev–Trinajstić information content (AvgIpc) is 2.60. The molecule has 0 aliphatic carbocycles. The maximum atomic E-state index is 12.0. The van der Waals surface area contributed by atoms with Gasteiger partial charge in [-0.3, -0.25) is 14.4 Å². The van der Waals surface area contributed by atoms with Crippen molar-refractivity contribution in [3.8, 4) is 0 Å². The Morgan fingerprint density at radius 3 is 1.86 bits per heavy atom. The summed E-state index contributed by atoms with van der Waals surface area (Å²) in [6, 6.07) is 6.51. The van der Waals surface area contributed by atoms with Crippen LogP contribution in [0.25, 0.3) is 0 Å². The molecule has 0 unspecified atom stereocenters. The quantitative estimate of drug-likeness (QED) is 0.273. The first-order valence-corrected chi connectivity index (χ1v) is 9.50. The maximum Gasteiger partial charge on any atom is 0.323 e. The average molecular weight is 486 g/mol. The Morgan fingerprint density at radius 1 is 0.857 bits per heavy atom. The second-order valence-corrected chi connectivity index (χ2v) is 6.61. The van der Waals surface area contributed by atoms with Gasteiger partial charge in [0.2, 0.25) is 5.91 Å². The normalized spacial score (nSPS) is 10.0. The van der Waals surface area contributed by atoms with E-state index in [1.54, 1.807) is 24.3 Å². The number of carbonyl (C=O) groups excluding carboxylic acids is 1. The van der Waals surface area contributed by atoms with Gasteiger partial charge in [-0.15, -0.1) is 0 Å². The van der Waals surface area contributed by atoms with Crippen molar-refractivity contribution in [2.75, 3.05) is 23.3 Å². The molecule has 0 aromatic heterocycles. The predicted octanol–water partition coefficient (Wildman–Crippen LogP) is 3.74. The van der Waals surface area contributed by atoms with Crippen LogP contribution in [0, 0.1) is 0 Å². The number of nitrogens with zero attached hydrogens (tertiary/aromatic N) is 1. The number of aliphatic carboxylic acids is 2. The zero-order valence-electron chi connectivity index (χ0n) is 16.2. The fourth-order valence-corrected chi connectivity index (χ4v) is 2.79. The molecule has 1 rings (SSSR count). The number of anilines is 2. The summed E-state index contributed by atoms with van der Waals surface area (Å²) in [5.74, 6) is -2.27. The minimum absolute atomic E-state index is 0. The van der Waals surface area contributed by atoms with Gasteiger partial charge in [-0.05, 0) is 30.7 Å². The van der Waals surface area contributed by atoms with Crippen LogP contribution in [-0.4, -0.2) is 41.1 Å². The third-order valence-corrected chi connectivity index (χ3v) is 4.18. The number of carboxylic acids is 2. The molecule has 0 heterocycles. The molecule has 0 atom stereocenters. The number of unbranched alkanes of at least 4 members (excludes halogenated alkanes) is 6. The summed E-state index contributed by atoms with van der Waals surface area (Å²) in [5, 5.41) is 20.6. The summed E-state index contributed by atoms with van der Waals surface area (Å²) < 4.78 is 0. The first-order chi connectivity index (χ1) is 12.9. The van der Waals surface area contributed by atoms with Crippen LogP contribution in [0.5, 0.6) is 0 Å². The summed E-state index contributed by atoms with van der Waals surface area (Å²) in [4.78, 5) is 35.0. The van der Waals surface area contributed by atoms with E-state index in [9.17, 15) is 14.4 Å². The Bertz CT molecular complexity index is 591. The molecule has 0 bridgehead atoms. The first-order valence-electron chi connectivity index (χ1n) is 9.50. The zero-order valence-corrected chi connectivity index (χ0v) is 17.7. The fraction of sp³-hybridized carbons (Fsp3) is 0.550. The summed E-state index contributed by atoms with van der Waals surface area (Å²) in [6.45, 7) is 1.37. The summed E-state index contributed by atoms with van der Waals surface area (Å²) in [6.07, 6.45) is 8.52. The molecule has 1 aromatic carbocycles. The standard InChI is InChI=1S/C20H30N2O5.Ag/c1-2-3-4-5-6-7-8-9-18(23)21-16-10-12-17(13-11-16)22(14-19(24)25)15-20(26)27;/h10-13H,2-9,14-15H2,1H3,(H,21,23)(H,24,25)(H,26,27);. The van der Waals surface area contributed by atoms with E-state index in [2.05, 4.69) is 12.2 Å². The Kier molecular flexibility index (Phi) is 14.1. The zero-order chi connectivity index (χ0) is 20.1. The van der Waals surface area contributed by atoms with Gasteiger partial charge in [0.25, 0.3) is 0 Å². The van der Waals surface area contributed by atoms with Crippen molar-refractivity contribution < 1.29 is 47.0 Å². The van der Waals surface area contributed by atoms with E-state index in [1.807, 2.05) is 0 Å². The van der Waals surface area contributed by atoms with Crippen LogP contribution in [-0.2, 0) is 36.8 Å². The third kappa shape index (κ3) is 11.8. The fourth-order valence-electron chi connectivity index (χ4n) is 2.79. The Labute approximate surface area is 182 Å². The van der Waals surface area contributed by atoms with Crippen molar-refractivity contribution in [1.29, 1.82) is 0 Å². The summed E-state index contributed by atoms with van der Waals surface area (Å²) in [7, 11) is 0. The predicted molar refractivity (Wildman–Crippen MR) is 105 cm³/mol. The molecule has 0 saturated heterocycles. The van der Waals surface area contributed by atoms with Crippen molar-refractivity contribution in [3.05, 3.63) is 24.3 Å². The Hall–Kier alpha value is -1.83. The van der Waals surface area contributed by atoms with E-state index >= 15 is 0 Å². The van der Waals surface area contributed by atoms with Crippen LogP contribution in [0.1, 0.15) is 58.3 Å². The molecule has 8 heteroatoms. The van der Waals surface area contributed by atoms with Crippen LogP contribution < -0.4 is 10.2 Å². The minimum Gasteiger partial charge on any atom is -0.480 e. The molecule has 1 aromatic rings. The van der Waals surface area contributed by atoms with E-state index in [0.717, 1.165) is 19.3 Å². The van der Waals surface area contributed by atoms with E-state index in [0.29, 0.717) is 17.8 Å². The van der Waals surface area contributed by atoms with Crippen molar-refractivity contribution in [3.63, 3.8) is 0 Å². The molecule has 0 aliphatic rings. The van der Waals surface area contributed by atoms with Gasteiger partial charge in [0, 0.05) is 40.2 Å². The molecule has 0 aliphatic heterocycles. The van der Waals surface area contributed by atoms with E-state index in [1.165, 1.54) is 30.6 Å². The number of nitrogens with one attached hydrogen (secondary N) is 1. The molecule has 3 N–H and O–H groups in total. The first kappa shape index (κ1) is 26.2. The van der Waals surface area contributed by atoms with Crippen molar-refractivity contribution in [2.24, 2.45) is 0 Å². The number of benzene rings is 1. The number of hydrogen-bond donors (Lipinski definition) is 3. The molecule has 0 saturated carbocycles. The molecule has 0 spiro atoms. The van der Waals surface area contributed by atoms with E-state index in [4.69, 9.17) is 10.2 Å². The van der Waals surface area contributed by atoms with Gasteiger partial charge in [0.05, 0.1) is 0 Å². The van der Waals surface area contributed by atoms with Gasteiger partial charge in [-0.2, -0.15) is 0 Å². The molecule has 161 valence electrons. The number of carbonyl (C=O) groups is 3. The molecule has 1 amide bonds. The van der Waals surface area contributed by atoms with E-state index < -0.39 is 25.0 Å². The topological polar surface area (TPSA) is 107 Å². The largest absolute Gasteiger partial charge is 0.480 e. The number of rotatable bonds is 14. The monoisotopic (exact) mass is 485 g/mol. The molecule has 1 radical (unpaired) electrons. The van der Waals surface area contributed by atoms with Gasteiger partial charge in [-0.25, -0.2) is 0 Å². The summed E-state index contributed by atoms with van der Waals surface area (Å²) in [5.41, 5.74) is 1.09. The molecule has 7 nitrogen and oxygen atoms in total. The smallest absolute Gasteiger partial charge is 0.323 e. The van der Waals surface area contributed by atoms with Crippen molar-refractivity contribution in [1.82, 2.24) is 0 Å². The van der Waals surface area contributed by atoms with Crippen molar-refractivity contribution >= 4 is 29.2 Å². The number of amides is 1. The van der Waals surface area contributed by atoms with Gasteiger partial charge in [-0.1, -0.05) is 45.4 Å². The van der Waals surface area contributed by atoms with Gasteiger partial charge >= 0.3 is 11.9 Å². The molecular weight excluding hydrogens is 456 g/mol. The van der Waals surface area contributed by atoms with Gasteiger partial charge in [0.1, 0.15) is 13.1 Å². The van der Waals surface area contributed by atoms with Crippen LogP contribution in [0.3, 0.4) is 0 Å². The van der Waals surface area contributed by atoms with Crippen LogP contribution in [0.2, 0.25) is 0 Å². The molecular formula is C20H30AgN2O5. The number of carboxylic acid groups (broad SMARTS) is 2. The summed E-state index contributed by atoms with van der Waals surface area (Å²) >= 11 is 0. The minimum atomic E-state index is -1.11. The second-order valence-electron chi connectivity index (χ2n) is 6.61. The SMILES string of the molecule is CCCCCCCCCC(=O)Nc1ccc(N(CC(=O)O)CC(=O)O)cc1.[Ag]. The van der Waals surface area contributed by atoms with Gasteiger partial charge < -0.3 is 20.4 Å². The van der Waals surface area contributed by atoms with Gasteiger partial charge in [0.15, 0.2) is 0 Å². The Morgan fingerprint density at radius 2 is 1.36 bits per heavy atom.